The number of nitrogens with one attached hydrogen (secondary N) is 2. The summed E-state index contributed by atoms with van der Waals surface area (Å²) in [6, 6.07) is 6.98. The normalized spacial score (nSPS) is 17.3. The van der Waals surface area contributed by atoms with Crippen LogP contribution in [0.4, 0.5) is 5.69 Å². The van der Waals surface area contributed by atoms with Crippen LogP contribution in [0.5, 0.6) is 5.75 Å². The Bertz CT molecular complexity index is 1200. The summed E-state index contributed by atoms with van der Waals surface area (Å²) in [4.78, 5) is 12.8. The summed E-state index contributed by atoms with van der Waals surface area (Å²) in [6.45, 7) is 4.11. The van der Waals surface area contributed by atoms with Gasteiger partial charge in [-0.25, -0.2) is 8.42 Å². The minimum Gasteiger partial charge on any atom is -0.497 e. The maximum Gasteiger partial charge on any atom is 0.286 e. The minimum atomic E-state index is -3.67. The lowest BCUT2D eigenvalue weighted by Crippen LogP contribution is -2.39. The summed E-state index contributed by atoms with van der Waals surface area (Å²) >= 11 is 1.19. The van der Waals surface area contributed by atoms with Crippen molar-refractivity contribution in [2.75, 3.05) is 25.5 Å². The van der Waals surface area contributed by atoms with E-state index >= 15 is 0 Å². The van der Waals surface area contributed by atoms with Gasteiger partial charge in [0.1, 0.15) is 15.7 Å². The maximum atomic E-state index is 13.2. The van der Waals surface area contributed by atoms with Crippen LogP contribution in [0, 0.1) is 13.8 Å². The first kappa shape index (κ1) is 22.4. The Morgan fingerprint density at radius 1 is 1.25 bits per heavy atom. The van der Waals surface area contributed by atoms with Crippen LogP contribution in [0.3, 0.4) is 0 Å². The molecule has 0 spiro atoms. The number of methoxy groups -OCH3 is 1. The van der Waals surface area contributed by atoms with Crippen molar-refractivity contribution in [3.05, 3.63) is 45.7 Å². The van der Waals surface area contributed by atoms with Gasteiger partial charge in [-0.3, -0.25) is 9.89 Å². The summed E-state index contributed by atoms with van der Waals surface area (Å²) in [5.41, 5.74) is 1.60. The number of hydrogen-bond acceptors (Lipinski definition) is 8. The van der Waals surface area contributed by atoms with Crippen molar-refractivity contribution in [1.29, 1.82) is 0 Å². The van der Waals surface area contributed by atoms with E-state index in [4.69, 9.17) is 4.74 Å². The third kappa shape index (κ3) is 4.38. The fourth-order valence-corrected chi connectivity index (χ4v) is 6.48. The number of benzene rings is 1. The predicted molar refractivity (Wildman–Crippen MR) is 120 cm³/mol. The lowest BCUT2D eigenvalue weighted by Gasteiger charge is -2.30. The van der Waals surface area contributed by atoms with E-state index in [1.54, 1.807) is 45.2 Å². The molecule has 4 rings (SSSR count). The van der Waals surface area contributed by atoms with Crippen LogP contribution in [0.2, 0.25) is 0 Å². The molecule has 32 heavy (non-hydrogen) atoms. The molecule has 1 saturated heterocycles. The Labute approximate surface area is 190 Å². The van der Waals surface area contributed by atoms with Crippen molar-refractivity contribution in [1.82, 2.24) is 24.7 Å². The molecule has 2 N–H and O–H groups in total. The second-order valence-electron chi connectivity index (χ2n) is 7.59. The fourth-order valence-electron chi connectivity index (χ4n) is 3.76. The number of ether oxygens (including phenoxy) is 1. The number of H-pyrrole nitrogens is 1. The van der Waals surface area contributed by atoms with Gasteiger partial charge in [-0.2, -0.15) is 9.40 Å². The quantitative estimate of drug-likeness (QED) is 0.559. The van der Waals surface area contributed by atoms with Crippen molar-refractivity contribution in [2.45, 2.75) is 37.5 Å². The van der Waals surface area contributed by atoms with Gasteiger partial charge >= 0.3 is 0 Å². The molecule has 12 heteroatoms. The number of aromatic amines is 1. The first-order valence-corrected chi connectivity index (χ1v) is 12.4. The number of carbonyl (C=O) groups excluding carboxylic acids is 1. The molecule has 2 aromatic heterocycles. The van der Waals surface area contributed by atoms with Crippen LogP contribution < -0.4 is 10.1 Å². The van der Waals surface area contributed by atoms with Crippen LogP contribution in [0.1, 0.15) is 45.0 Å². The van der Waals surface area contributed by atoms with Crippen LogP contribution >= 0.6 is 11.3 Å². The lowest BCUT2D eigenvalue weighted by molar-refractivity contribution is 0.102. The zero-order valence-corrected chi connectivity index (χ0v) is 19.6. The molecule has 1 fully saturated rings. The molecule has 1 aliphatic rings. The minimum absolute atomic E-state index is 0.119. The van der Waals surface area contributed by atoms with Gasteiger partial charge < -0.3 is 10.1 Å². The number of aromatic nitrogens is 4. The highest BCUT2D eigenvalue weighted by molar-refractivity contribution is 7.89. The van der Waals surface area contributed by atoms with E-state index in [0.29, 0.717) is 47.3 Å². The van der Waals surface area contributed by atoms with E-state index in [0.717, 1.165) is 6.42 Å². The second kappa shape index (κ2) is 8.96. The fraction of sp³-hybridized carbons (Fsp3) is 0.400. The summed E-state index contributed by atoms with van der Waals surface area (Å²) in [5, 5.41) is 18.7. The summed E-state index contributed by atoms with van der Waals surface area (Å²) in [5.74, 6) is 0.216. The molecule has 10 nitrogen and oxygen atoms in total. The standard InChI is InChI=1S/C20H24N6O4S2/c1-12-17(13(2)23-22-12)32(28,29)26-10-4-5-14(11-26)19-24-25-20(31-19)18(27)21-15-6-8-16(30-3)9-7-15/h6-9,14H,4-5,10-11H2,1-3H3,(H,21,27)(H,22,23)/t14-/m0/s1. The molecular formula is C20H24N6O4S2. The topological polar surface area (TPSA) is 130 Å². The highest BCUT2D eigenvalue weighted by Crippen LogP contribution is 2.33. The number of nitrogens with zero attached hydrogens (tertiary/aromatic N) is 4. The number of aryl methyl sites for hydroxylation is 2. The van der Waals surface area contributed by atoms with Gasteiger partial charge in [-0.05, 0) is 51.0 Å². The molecular weight excluding hydrogens is 452 g/mol. The summed E-state index contributed by atoms with van der Waals surface area (Å²) in [6.07, 6.45) is 1.48. The van der Waals surface area contributed by atoms with Crippen LogP contribution in [-0.4, -0.2) is 59.2 Å². The van der Waals surface area contributed by atoms with Crippen LogP contribution in [0.25, 0.3) is 0 Å². The Hall–Kier alpha value is -2.83. The molecule has 3 aromatic rings. The van der Waals surface area contributed by atoms with E-state index in [1.807, 2.05) is 0 Å². The SMILES string of the molecule is COc1ccc(NC(=O)c2nnc([C@H]3CCCN(S(=O)(=O)c4c(C)n[nH]c4C)C3)s2)cc1. The number of hydrogen-bond donors (Lipinski definition) is 2. The monoisotopic (exact) mass is 476 g/mol. The van der Waals surface area contributed by atoms with Gasteiger partial charge in [0.25, 0.3) is 5.91 Å². The highest BCUT2D eigenvalue weighted by atomic mass is 32.2. The largest absolute Gasteiger partial charge is 0.497 e. The molecule has 0 saturated carbocycles. The Morgan fingerprint density at radius 3 is 2.66 bits per heavy atom. The third-order valence-corrected chi connectivity index (χ3v) is 8.59. The number of amides is 1. The zero-order valence-electron chi connectivity index (χ0n) is 18.0. The first-order valence-electron chi connectivity index (χ1n) is 10.1. The van der Waals surface area contributed by atoms with Gasteiger partial charge in [-0.15, -0.1) is 10.2 Å². The smallest absolute Gasteiger partial charge is 0.286 e. The van der Waals surface area contributed by atoms with Crippen molar-refractivity contribution in [3.8, 4) is 5.75 Å². The van der Waals surface area contributed by atoms with Gasteiger partial charge in [0.2, 0.25) is 15.0 Å². The molecule has 0 radical (unpaired) electrons. The highest BCUT2D eigenvalue weighted by Gasteiger charge is 2.35. The Balaban J connectivity index is 1.47. The van der Waals surface area contributed by atoms with Crippen molar-refractivity contribution >= 4 is 33.0 Å². The summed E-state index contributed by atoms with van der Waals surface area (Å²) < 4.78 is 33.0. The molecule has 1 atom stereocenters. The lowest BCUT2D eigenvalue weighted by atomic mass is 10.0. The van der Waals surface area contributed by atoms with Gasteiger partial charge in [0, 0.05) is 24.7 Å². The molecule has 170 valence electrons. The van der Waals surface area contributed by atoms with E-state index in [2.05, 4.69) is 25.7 Å². The predicted octanol–water partition coefficient (Wildman–Crippen LogP) is 2.71. The number of carbonyl (C=O) groups is 1. The molecule has 0 unspecified atom stereocenters. The van der Waals surface area contributed by atoms with Crippen molar-refractivity contribution < 1.29 is 17.9 Å². The van der Waals surface area contributed by atoms with Gasteiger partial charge in [0.15, 0.2) is 0 Å². The average molecular weight is 477 g/mol. The van der Waals surface area contributed by atoms with E-state index < -0.39 is 10.0 Å². The molecule has 1 aliphatic heterocycles. The maximum absolute atomic E-state index is 13.2. The van der Waals surface area contributed by atoms with E-state index in [9.17, 15) is 13.2 Å². The van der Waals surface area contributed by atoms with Crippen molar-refractivity contribution in [2.24, 2.45) is 0 Å². The van der Waals surface area contributed by atoms with E-state index in [-0.39, 0.29) is 21.7 Å². The number of piperidine rings is 1. The summed E-state index contributed by atoms with van der Waals surface area (Å²) in [7, 11) is -2.10. The Kier molecular flexibility index (Phi) is 6.26. The van der Waals surface area contributed by atoms with Crippen LogP contribution in [-0.2, 0) is 10.0 Å². The molecule has 0 bridgehead atoms. The zero-order chi connectivity index (χ0) is 22.9. The van der Waals surface area contributed by atoms with Crippen molar-refractivity contribution in [3.63, 3.8) is 0 Å². The molecule has 0 aliphatic carbocycles. The Morgan fingerprint density at radius 2 is 2.00 bits per heavy atom. The van der Waals surface area contributed by atoms with Crippen LogP contribution in [0.15, 0.2) is 29.2 Å². The average Bonchev–Trinajstić information content (AvgIpc) is 3.41. The number of anilines is 1. The molecule has 1 aromatic carbocycles. The van der Waals surface area contributed by atoms with Gasteiger partial charge in [0.05, 0.1) is 18.5 Å². The molecule has 3 heterocycles. The number of rotatable bonds is 6. The third-order valence-electron chi connectivity index (χ3n) is 5.37. The number of sulfonamides is 1. The molecule has 1 amide bonds. The first-order chi connectivity index (χ1) is 15.3. The second-order valence-corrected chi connectivity index (χ2v) is 10.5. The van der Waals surface area contributed by atoms with E-state index in [1.165, 1.54) is 15.6 Å². The van der Waals surface area contributed by atoms with Gasteiger partial charge in [-0.1, -0.05) is 11.3 Å².